The molecule has 1 N–H and O–H groups in total. The average molecular weight is 317 g/mol. The highest BCUT2D eigenvalue weighted by Gasteiger charge is 2.09. The molecular formula is C17H19NO5. The summed E-state index contributed by atoms with van der Waals surface area (Å²) in [5, 5.41) is 11.7. The van der Waals surface area contributed by atoms with Gasteiger partial charge in [0.15, 0.2) is 11.5 Å². The molecule has 0 saturated carbocycles. The van der Waals surface area contributed by atoms with Gasteiger partial charge in [0.2, 0.25) is 0 Å². The minimum Gasteiger partial charge on any atom is -0.497 e. The Kier molecular flexibility index (Phi) is 6.11. The highest BCUT2D eigenvalue weighted by atomic mass is 16.5. The summed E-state index contributed by atoms with van der Waals surface area (Å²) in [6.07, 6.45) is 1.29. The summed E-state index contributed by atoms with van der Waals surface area (Å²) in [7, 11) is 3.17. The van der Waals surface area contributed by atoms with Crippen molar-refractivity contribution in [2.24, 2.45) is 5.16 Å². The van der Waals surface area contributed by atoms with E-state index in [4.69, 9.17) is 24.2 Å². The molecule has 122 valence electrons. The molecule has 0 heterocycles. The second-order valence-electron chi connectivity index (χ2n) is 4.50. The second-order valence-corrected chi connectivity index (χ2v) is 4.50. The number of ether oxygens (including phenoxy) is 4. The Morgan fingerprint density at radius 3 is 2.26 bits per heavy atom. The number of rotatable bonds is 8. The van der Waals surface area contributed by atoms with E-state index in [2.05, 4.69) is 5.16 Å². The van der Waals surface area contributed by atoms with Crippen molar-refractivity contribution in [1.82, 2.24) is 0 Å². The van der Waals surface area contributed by atoms with Crippen molar-refractivity contribution in [2.45, 2.75) is 0 Å². The second kappa shape index (κ2) is 8.53. The Hall–Kier alpha value is -2.89. The molecule has 6 nitrogen and oxygen atoms in total. The molecule has 0 aromatic heterocycles. The predicted molar refractivity (Wildman–Crippen MR) is 86.4 cm³/mol. The van der Waals surface area contributed by atoms with Gasteiger partial charge in [-0.3, -0.25) is 0 Å². The lowest BCUT2D eigenvalue weighted by atomic mass is 10.2. The van der Waals surface area contributed by atoms with Gasteiger partial charge in [0.25, 0.3) is 0 Å². The van der Waals surface area contributed by atoms with Gasteiger partial charge in [0.1, 0.15) is 24.7 Å². The van der Waals surface area contributed by atoms with E-state index in [1.54, 1.807) is 32.4 Å². The number of nitrogens with zero attached hydrogens (tertiary/aromatic N) is 1. The van der Waals surface area contributed by atoms with Gasteiger partial charge in [0, 0.05) is 5.56 Å². The average Bonchev–Trinajstić information content (AvgIpc) is 2.60. The minimum absolute atomic E-state index is 0.318. The van der Waals surface area contributed by atoms with Crippen molar-refractivity contribution in [2.75, 3.05) is 27.4 Å². The molecule has 0 fully saturated rings. The zero-order chi connectivity index (χ0) is 16.5. The molecule has 0 aliphatic carbocycles. The van der Waals surface area contributed by atoms with Gasteiger partial charge in [-0.15, -0.1) is 0 Å². The van der Waals surface area contributed by atoms with Crippen LogP contribution in [0.5, 0.6) is 23.0 Å². The summed E-state index contributed by atoms with van der Waals surface area (Å²) >= 11 is 0. The number of methoxy groups -OCH3 is 2. The van der Waals surface area contributed by atoms with E-state index in [9.17, 15) is 0 Å². The minimum atomic E-state index is 0.318. The quantitative estimate of drug-likeness (QED) is 0.351. The van der Waals surface area contributed by atoms with E-state index in [0.29, 0.717) is 30.3 Å². The van der Waals surface area contributed by atoms with E-state index in [1.165, 1.54) is 6.21 Å². The molecule has 0 aliphatic heterocycles. The van der Waals surface area contributed by atoms with Gasteiger partial charge in [0.05, 0.1) is 20.4 Å². The Morgan fingerprint density at radius 2 is 1.61 bits per heavy atom. The van der Waals surface area contributed by atoms with E-state index in [1.807, 2.05) is 24.3 Å². The first-order chi connectivity index (χ1) is 11.3. The third kappa shape index (κ3) is 4.54. The van der Waals surface area contributed by atoms with Gasteiger partial charge in [-0.25, -0.2) is 0 Å². The first-order valence-corrected chi connectivity index (χ1v) is 7.02. The van der Waals surface area contributed by atoms with E-state index in [0.717, 1.165) is 11.5 Å². The van der Waals surface area contributed by atoms with Crippen molar-refractivity contribution in [1.29, 1.82) is 0 Å². The summed E-state index contributed by atoms with van der Waals surface area (Å²) in [5.74, 6) is 2.57. The first-order valence-electron chi connectivity index (χ1n) is 7.02. The summed E-state index contributed by atoms with van der Waals surface area (Å²) in [4.78, 5) is 0. The highest BCUT2D eigenvalue weighted by molar-refractivity contribution is 5.84. The molecule has 6 heteroatoms. The summed E-state index contributed by atoms with van der Waals surface area (Å²) in [5.41, 5.74) is 0.622. The van der Waals surface area contributed by atoms with Crippen molar-refractivity contribution < 1.29 is 24.2 Å². The molecule has 0 bridgehead atoms. The van der Waals surface area contributed by atoms with E-state index < -0.39 is 0 Å². The predicted octanol–water partition coefficient (Wildman–Crippen LogP) is 2.97. The smallest absolute Gasteiger partial charge is 0.170 e. The molecule has 0 atom stereocenters. The van der Waals surface area contributed by atoms with Crippen LogP contribution in [0.3, 0.4) is 0 Å². The Bertz CT molecular complexity index is 640. The third-order valence-electron chi connectivity index (χ3n) is 3.08. The molecule has 0 unspecified atom stereocenters. The van der Waals surface area contributed by atoms with Crippen LogP contribution < -0.4 is 18.9 Å². The summed E-state index contributed by atoms with van der Waals surface area (Å²) < 4.78 is 21.6. The lowest BCUT2D eigenvalue weighted by Gasteiger charge is -2.13. The number of hydrogen-bond donors (Lipinski definition) is 1. The highest BCUT2D eigenvalue weighted by Crippen LogP contribution is 2.30. The third-order valence-corrected chi connectivity index (χ3v) is 3.08. The Labute approximate surface area is 134 Å². The maximum absolute atomic E-state index is 8.71. The maximum atomic E-state index is 8.71. The number of oxime groups is 1. The molecule has 2 aromatic rings. The van der Waals surface area contributed by atoms with Crippen LogP contribution in [0.2, 0.25) is 0 Å². The first kappa shape index (κ1) is 16.5. The molecule has 0 saturated heterocycles. The number of benzene rings is 2. The molecule has 0 amide bonds. The molecule has 0 radical (unpaired) electrons. The molecule has 0 aliphatic rings. The van der Waals surface area contributed by atoms with Crippen molar-refractivity contribution in [3.63, 3.8) is 0 Å². The number of para-hydroxylation sites is 1. The topological polar surface area (TPSA) is 69.5 Å². The number of hydrogen-bond acceptors (Lipinski definition) is 6. The zero-order valence-corrected chi connectivity index (χ0v) is 13.1. The van der Waals surface area contributed by atoms with Crippen LogP contribution in [-0.4, -0.2) is 38.9 Å². The SMILES string of the molecule is COc1ccc(OCCOc2c(C=NO)cccc2OC)cc1. The molecule has 0 spiro atoms. The van der Waals surface area contributed by atoms with Crippen LogP contribution >= 0.6 is 0 Å². The Morgan fingerprint density at radius 1 is 0.913 bits per heavy atom. The van der Waals surface area contributed by atoms with E-state index in [-0.39, 0.29) is 0 Å². The van der Waals surface area contributed by atoms with Gasteiger partial charge in [-0.2, -0.15) is 0 Å². The van der Waals surface area contributed by atoms with Crippen LogP contribution in [0.1, 0.15) is 5.56 Å². The summed E-state index contributed by atoms with van der Waals surface area (Å²) in [6, 6.07) is 12.6. The fourth-order valence-corrected chi connectivity index (χ4v) is 1.99. The Balaban J connectivity index is 1.92. The van der Waals surface area contributed by atoms with Gasteiger partial charge in [-0.05, 0) is 36.4 Å². The fourth-order valence-electron chi connectivity index (χ4n) is 1.99. The molecule has 23 heavy (non-hydrogen) atoms. The van der Waals surface area contributed by atoms with Crippen molar-refractivity contribution in [3.05, 3.63) is 48.0 Å². The van der Waals surface area contributed by atoms with E-state index >= 15 is 0 Å². The van der Waals surface area contributed by atoms with Crippen molar-refractivity contribution in [3.8, 4) is 23.0 Å². The fraction of sp³-hybridized carbons (Fsp3) is 0.235. The van der Waals surface area contributed by atoms with Crippen LogP contribution in [-0.2, 0) is 0 Å². The van der Waals surface area contributed by atoms with Crippen LogP contribution in [0.15, 0.2) is 47.6 Å². The van der Waals surface area contributed by atoms with Gasteiger partial charge >= 0.3 is 0 Å². The summed E-state index contributed by atoms with van der Waals surface area (Å²) in [6.45, 7) is 0.679. The lowest BCUT2D eigenvalue weighted by molar-refractivity contribution is 0.211. The maximum Gasteiger partial charge on any atom is 0.170 e. The normalized spacial score (nSPS) is 10.5. The zero-order valence-electron chi connectivity index (χ0n) is 13.1. The van der Waals surface area contributed by atoms with Crippen LogP contribution in [0, 0.1) is 0 Å². The lowest BCUT2D eigenvalue weighted by Crippen LogP contribution is -2.10. The van der Waals surface area contributed by atoms with Crippen molar-refractivity contribution >= 4 is 6.21 Å². The molecule has 2 rings (SSSR count). The monoisotopic (exact) mass is 317 g/mol. The van der Waals surface area contributed by atoms with Crippen LogP contribution in [0.4, 0.5) is 0 Å². The molecule has 2 aromatic carbocycles. The largest absolute Gasteiger partial charge is 0.497 e. The van der Waals surface area contributed by atoms with Gasteiger partial charge in [-0.1, -0.05) is 11.2 Å². The van der Waals surface area contributed by atoms with Crippen LogP contribution in [0.25, 0.3) is 0 Å². The standard InChI is InChI=1S/C17H19NO5/c1-20-14-6-8-15(9-7-14)22-10-11-23-17-13(12-18-19)4-3-5-16(17)21-2/h3-9,12,19H,10-11H2,1-2H3. The van der Waals surface area contributed by atoms with Gasteiger partial charge < -0.3 is 24.2 Å². The molecular weight excluding hydrogens is 298 g/mol.